The van der Waals surface area contributed by atoms with Crippen molar-refractivity contribution in [3.05, 3.63) is 42.1 Å². The molecular weight excluding hydrogens is 350 g/mol. The molecule has 0 fully saturated rings. The zero-order chi connectivity index (χ0) is 18.8. The van der Waals surface area contributed by atoms with Crippen molar-refractivity contribution >= 4 is 18.0 Å². The molecule has 0 unspecified atom stereocenters. The van der Waals surface area contributed by atoms with Crippen molar-refractivity contribution < 1.29 is 18.7 Å². The summed E-state index contributed by atoms with van der Waals surface area (Å²) in [6, 6.07) is 7.35. The van der Waals surface area contributed by atoms with Crippen molar-refractivity contribution in [3.63, 3.8) is 0 Å². The van der Waals surface area contributed by atoms with Gasteiger partial charge in [-0.25, -0.2) is 0 Å². The van der Waals surface area contributed by atoms with Gasteiger partial charge >= 0.3 is 6.01 Å². The van der Waals surface area contributed by atoms with E-state index in [1.165, 1.54) is 6.08 Å². The van der Waals surface area contributed by atoms with Gasteiger partial charge < -0.3 is 13.9 Å². The number of ether oxygens (including phenoxy) is 2. The first-order valence-electron chi connectivity index (χ1n) is 8.36. The number of nitrogens with zero attached hydrogens (tertiary/aromatic N) is 4. The maximum atomic E-state index is 12.1. The number of aromatic nitrogens is 4. The van der Waals surface area contributed by atoms with Gasteiger partial charge in [-0.15, -0.1) is 5.10 Å². The van der Waals surface area contributed by atoms with Crippen LogP contribution < -0.4 is 14.8 Å². The van der Waals surface area contributed by atoms with Crippen molar-refractivity contribution in [2.75, 3.05) is 12.1 Å². The molecule has 138 valence electrons. The molecule has 3 aromatic rings. The van der Waals surface area contributed by atoms with Gasteiger partial charge in [0.15, 0.2) is 11.5 Å². The highest BCUT2D eigenvalue weighted by Gasteiger charge is 2.16. The van der Waals surface area contributed by atoms with Crippen molar-refractivity contribution in [1.29, 1.82) is 0 Å². The monoisotopic (exact) mass is 367 g/mol. The highest BCUT2D eigenvalue weighted by atomic mass is 16.7. The highest BCUT2D eigenvalue weighted by Crippen LogP contribution is 2.32. The summed E-state index contributed by atoms with van der Waals surface area (Å²) < 4.78 is 17.8. The normalized spacial score (nSPS) is 12.9. The number of carbonyl (C=O) groups is 1. The summed E-state index contributed by atoms with van der Waals surface area (Å²) in [5.74, 6) is 1.24. The van der Waals surface area contributed by atoms with E-state index in [1.54, 1.807) is 35.2 Å². The van der Waals surface area contributed by atoms with E-state index in [9.17, 15) is 4.79 Å². The molecule has 0 radical (unpaired) electrons. The van der Waals surface area contributed by atoms with Gasteiger partial charge in [-0.2, -0.15) is 5.10 Å². The smallest absolute Gasteiger partial charge is 0.322 e. The molecule has 4 rings (SSSR count). The molecule has 1 N–H and O–H groups in total. The topological polar surface area (TPSA) is 104 Å². The first-order chi connectivity index (χ1) is 13.1. The lowest BCUT2D eigenvalue weighted by atomic mass is 10.2. The Bertz CT molecular complexity index is 1000. The van der Waals surface area contributed by atoms with Crippen LogP contribution in [-0.2, 0) is 4.79 Å². The Hall–Kier alpha value is -3.62. The van der Waals surface area contributed by atoms with E-state index in [2.05, 4.69) is 20.6 Å². The van der Waals surface area contributed by atoms with Crippen LogP contribution in [0.1, 0.15) is 25.5 Å². The lowest BCUT2D eigenvalue weighted by Crippen LogP contribution is -2.07. The van der Waals surface area contributed by atoms with Crippen LogP contribution in [0.5, 0.6) is 11.5 Å². The standard InChI is InChI=1S/C18H17N5O4/c1-11(2)23-13(7-8-19-23)17-21-22-18(27-17)20-16(24)6-4-12-3-5-14-15(9-12)26-10-25-14/h3-9,11H,10H2,1-2H3,(H,20,22,24)/b6-4-. The third kappa shape index (κ3) is 3.52. The zero-order valence-electron chi connectivity index (χ0n) is 14.7. The first kappa shape index (κ1) is 16.8. The van der Waals surface area contributed by atoms with E-state index in [0.29, 0.717) is 17.2 Å². The summed E-state index contributed by atoms with van der Waals surface area (Å²) in [5, 5.41) is 14.6. The Morgan fingerprint density at radius 3 is 2.93 bits per heavy atom. The summed E-state index contributed by atoms with van der Waals surface area (Å²) in [6.07, 6.45) is 4.69. The Labute approximate surface area is 154 Å². The maximum Gasteiger partial charge on any atom is 0.322 e. The van der Waals surface area contributed by atoms with E-state index in [4.69, 9.17) is 13.9 Å². The average molecular weight is 367 g/mol. The molecule has 1 aliphatic heterocycles. The lowest BCUT2D eigenvalue weighted by molar-refractivity contribution is -0.112. The fourth-order valence-corrected chi connectivity index (χ4v) is 2.61. The Morgan fingerprint density at radius 2 is 2.07 bits per heavy atom. The number of carbonyl (C=O) groups excluding carboxylic acids is 1. The molecule has 1 amide bonds. The molecule has 0 saturated carbocycles. The number of rotatable bonds is 5. The average Bonchev–Trinajstić information content (AvgIpc) is 3.38. The second-order valence-electron chi connectivity index (χ2n) is 6.10. The number of nitrogens with one attached hydrogen (secondary N) is 1. The first-order valence-corrected chi connectivity index (χ1v) is 8.36. The summed E-state index contributed by atoms with van der Waals surface area (Å²) in [5.41, 5.74) is 1.50. The van der Waals surface area contributed by atoms with Crippen LogP contribution in [0.2, 0.25) is 0 Å². The molecule has 0 spiro atoms. The zero-order valence-corrected chi connectivity index (χ0v) is 14.7. The van der Waals surface area contributed by atoms with Crippen LogP contribution >= 0.6 is 0 Å². The molecule has 2 aromatic heterocycles. The van der Waals surface area contributed by atoms with Crippen LogP contribution in [0.25, 0.3) is 17.7 Å². The third-order valence-electron chi connectivity index (χ3n) is 3.86. The van der Waals surface area contributed by atoms with Crippen LogP contribution in [0.15, 0.2) is 41.0 Å². The van der Waals surface area contributed by atoms with Gasteiger partial charge in [0.1, 0.15) is 5.69 Å². The number of hydrogen-bond acceptors (Lipinski definition) is 7. The minimum Gasteiger partial charge on any atom is -0.454 e. The third-order valence-corrected chi connectivity index (χ3v) is 3.86. The number of amides is 1. The van der Waals surface area contributed by atoms with Gasteiger partial charge in [0.2, 0.25) is 6.79 Å². The Morgan fingerprint density at radius 1 is 1.22 bits per heavy atom. The SMILES string of the molecule is CC(C)n1nccc1-c1nnc(NC(=O)/C=C\c2ccc3c(c2)OCO3)o1. The second kappa shape index (κ2) is 6.94. The van der Waals surface area contributed by atoms with E-state index < -0.39 is 0 Å². The molecule has 0 bridgehead atoms. The molecular formula is C18H17N5O4. The van der Waals surface area contributed by atoms with Crippen LogP contribution in [-0.4, -0.2) is 32.7 Å². The molecule has 0 saturated heterocycles. The summed E-state index contributed by atoms with van der Waals surface area (Å²) in [4.78, 5) is 12.1. The van der Waals surface area contributed by atoms with Crippen molar-refractivity contribution in [2.45, 2.75) is 19.9 Å². The van der Waals surface area contributed by atoms with Crippen molar-refractivity contribution in [1.82, 2.24) is 20.0 Å². The fraction of sp³-hybridized carbons (Fsp3) is 0.222. The fourth-order valence-electron chi connectivity index (χ4n) is 2.61. The number of anilines is 1. The minimum absolute atomic E-state index is 0.0156. The molecule has 9 heteroatoms. The molecule has 0 aliphatic carbocycles. The van der Waals surface area contributed by atoms with Crippen LogP contribution in [0.4, 0.5) is 6.01 Å². The van der Waals surface area contributed by atoms with Gasteiger partial charge in [-0.05, 0) is 43.7 Å². The largest absolute Gasteiger partial charge is 0.454 e. The van der Waals surface area contributed by atoms with Crippen LogP contribution in [0.3, 0.4) is 0 Å². The number of benzene rings is 1. The summed E-state index contributed by atoms with van der Waals surface area (Å²) in [6.45, 7) is 4.20. The van der Waals surface area contributed by atoms with Crippen LogP contribution in [0, 0.1) is 0 Å². The lowest BCUT2D eigenvalue weighted by Gasteiger charge is -2.07. The van der Waals surface area contributed by atoms with Crippen molar-refractivity contribution in [3.8, 4) is 23.1 Å². The molecule has 9 nitrogen and oxygen atoms in total. The predicted molar refractivity (Wildman–Crippen MR) is 96.1 cm³/mol. The molecule has 1 aliphatic rings. The number of fused-ring (bicyclic) bond motifs is 1. The molecule has 27 heavy (non-hydrogen) atoms. The highest BCUT2D eigenvalue weighted by molar-refractivity contribution is 6.00. The van der Waals surface area contributed by atoms with E-state index in [0.717, 1.165) is 5.56 Å². The quantitative estimate of drug-likeness (QED) is 0.691. The Balaban J connectivity index is 1.43. The molecule has 3 heterocycles. The van der Waals surface area contributed by atoms with Gasteiger partial charge in [0, 0.05) is 18.3 Å². The predicted octanol–water partition coefficient (Wildman–Crippen LogP) is 2.89. The van der Waals surface area contributed by atoms with Gasteiger partial charge in [0.25, 0.3) is 11.8 Å². The van der Waals surface area contributed by atoms with Crippen molar-refractivity contribution in [2.24, 2.45) is 0 Å². The van der Waals surface area contributed by atoms with E-state index >= 15 is 0 Å². The van der Waals surface area contributed by atoms with Gasteiger partial charge in [-0.3, -0.25) is 14.8 Å². The van der Waals surface area contributed by atoms with Gasteiger partial charge in [-0.1, -0.05) is 11.2 Å². The van der Waals surface area contributed by atoms with E-state index in [-0.39, 0.29) is 30.6 Å². The maximum absolute atomic E-state index is 12.1. The second-order valence-corrected chi connectivity index (χ2v) is 6.10. The Kier molecular flexibility index (Phi) is 4.33. The van der Waals surface area contributed by atoms with E-state index in [1.807, 2.05) is 19.9 Å². The van der Waals surface area contributed by atoms with Gasteiger partial charge in [0.05, 0.1) is 0 Å². The molecule has 0 atom stereocenters. The summed E-state index contributed by atoms with van der Waals surface area (Å²) in [7, 11) is 0. The molecule has 1 aromatic carbocycles. The minimum atomic E-state index is -0.389. The summed E-state index contributed by atoms with van der Waals surface area (Å²) >= 11 is 0. The number of hydrogen-bond donors (Lipinski definition) is 1.